The van der Waals surface area contributed by atoms with Gasteiger partial charge in [0.2, 0.25) is 0 Å². The second-order valence-electron chi connectivity index (χ2n) is 9.26. The van der Waals surface area contributed by atoms with Crippen molar-refractivity contribution in [2.75, 3.05) is 6.61 Å². The van der Waals surface area contributed by atoms with Crippen LogP contribution in [0.4, 0.5) is 0 Å². The van der Waals surface area contributed by atoms with Gasteiger partial charge in [-0.05, 0) is 43.4 Å². The third-order valence-corrected chi connectivity index (χ3v) is 6.26. The molecule has 1 aliphatic rings. The van der Waals surface area contributed by atoms with E-state index in [-0.39, 0.29) is 36.0 Å². The van der Waals surface area contributed by atoms with E-state index in [4.69, 9.17) is 4.74 Å². The molecule has 0 aliphatic heterocycles. The summed E-state index contributed by atoms with van der Waals surface area (Å²) in [7, 11) is 3.32. The second-order valence-corrected chi connectivity index (χ2v) is 9.26. The number of carbonyl (C=O) groups is 1. The summed E-state index contributed by atoms with van der Waals surface area (Å²) in [6, 6.07) is 0. The highest BCUT2D eigenvalue weighted by atomic mass is 16.5. The SMILES string of the molecule is Cn1cnc2c1c(=O)n(CCCOC(=O)C1CCC(C(C)(C)C)CC1)c(=O)n2C. The van der Waals surface area contributed by atoms with Crippen molar-refractivity contribution in [3.63, 3.8) is 0 Å². The summed E-state index contributed by atoms with van der Waals surface area (Å²) in [5.41, 5.74) is 0.266. The molecule has 0 amide bonds. The minimum absolute atomic E-state index is 0.0324. The van der Waals surface area contributed by atoms with Crippen molar-refractivity contribution < 1.29 is 9.53 Å². The Labute approximate surface area is 170 Å². The topological polar surface area (TPSA) is 88.1 Å². The number of carbonyl (C=O) groups excluding carboxylic acids is 1. The Morgan fingerprint density at radius 2 is 1.83 bits per heavy atom. The van der Waals surface area contributed by atoms with Crippen molar-refractivity contribution in [3.8, 4) is 0 Å². The fraction of sp³-hybridized carbons (Fsp3) is 0.714. The van der Waals surface area contributed by atoms with Crippen LogP contribution < -0.4 is 11.2 Å². The standard InChI is InChI=1S/C21H32N4O4/c1-21(2,3)15-9-7-14(8-10-15)19(27)29-12-6-11-25-18(26)16-17(22-13-23(16)4)24(5)20(25)28/h13-15H,6-12H2,1-5H3. The third-order valence-electron chi connectivity index (χ3n) is 6.26. The molecule has 160 valence electrons. The zero-order chi connectivity index (χ0) is 21.3. The molecule has 0 bridgehead atoms. The number of aromatic nitrogens is 4. The predicted octanol–water partition coefficient (Wildman–Crippen LogP) is 2.22. The lowest BCUT2D eigenvalue weighted by Gasteiger charge is -2.36. The summed E-state index contributed by atoms with van der Waals surface area (Å²) in [6.45, 7) is 7.18. The van der Waals surface area contributed by atoms with Gasteiger partial charge in [-0.2, -0.15) is 0 Å². The Morgan fingerprint density at radius 1 is 1.17 bits per heavy atom. The molecule has 0 saturated heterocycles. The van der Waals surface area contributed by atoms with Crippen LogP contribution in [-0.2, 0) is 30.2 Å². The molecule has 0 atom stereocenters. The summed E-state index contributed by atoms with van der Waals surface area (Å²) >= 11 is 0. The molecule has 1 saturated carbocycles. The number of imidazole rings is 1. The summed E-state index contributed by atoms with van der Waals surface area (Å²) in [6.07, 6.45) is 5.79. The largest absolute Gasteiger partial charge is 0.465 e. The number of esters is 1. The lowest BCUT2D eigenvalue weighted by molar-refractivity contribution is -0.150. The van der Waals surface area contributed by atoms with E-state index in [2.05, 4.69) is 25.8 Å². The zero-order valence-corrected chi connectivity index (χ0v) is 18.1. The van der Waals surface area contributed by atoms with Crippen molar-refractivity contribution in [1.82, 2.24) is 18.7 Å². The smallest absolute Gasteiger partial charge is 0.332 e. The van der Waals surface area contributed by atoms with Gasteiger partial charge >= 0.3 is 11.7 Å². The average molecular weight is 405 g/mol. The number of hydrogen-bond acceptors (Lipinski definition) is 5. The molecule has 29 heavy (non-hydrogen) atoms. The van der Waals surface area contributed by atoms with Crippen LogP contribution >= 0.6 is 0 Å². The molecule has 2 aromatic heterocycles. The average Bonchev–Trinajstić information content (AvgIpc) is 3.06. The normalized spacial score (nSPS) is 20.2. The fourth-order valence-corrected chi connectivity index (χ4v) is 4.30. The summed E-state index contributed by atoms with van der Waals surface area (Å²) in [5.74, 6) is 0.464. The lowest BCUT2D eigenvalue weighted by Crippen LogP contribution is -2.39. The van der Waals surface area contributed by atoms with Crippen LogP contribution in [0.1, 0.15) is 52.9 Å². The Hall–Kier alpha value is -2.38. The van der Waals surface area contributed by atoms with Crippen molar-refractivity contribution in [3.05, 3.63) is 27.2 Å². The zero-order valence-electron chi connectivity index (χ0n) is 18.1. The number of nitrogens with zero attached hydrogens (tertiary/aromatic N) is 4. The van der Waals surface area contributed by atoms with E-state index in [9.17, 15) is 14.4 Å². The van der Waals surface area contributed by atoms with E-state index in [1.54, 1.807) is 18.7 Å². The second kappa shape index (κ2) is 8.16. The van der Waals surface area contributed by atoms with Gasteiger partial charge in [-0.3, -0.25) is 18.7 Å². The van der Waals surface area contributed by atoms with Crippen molar-refractivity contribution in [1.29, 1.82) is 0 Å². The van der Waals surface area contributed by atoms with Crippen molar-refractivity contribution in [2.24, 2.45) is 31.3 Å². The minimum atomic E-state index is -0.409. The Balaban J connectivity index is 1.55. The maximum atomic E-state index is 12.7. The molecule has 0 unspecified atom stereocenters. The molecule has 1 fully saturated rings. The molecule has 2 heterocycles. The summed E-state index contributed by atoms with van der Waals surface area (Å²) in [5, 5.41) is 0. The minimum Gasteiger partial charge on any atom is -0.465 e. The van der Waals surface area contributed by atoms with E-state index in [0.29, 0.717) is 23.5 Å². The monoisotopic (exact) mass is 404 g/mol. The number of ether oxygens (including phenoxy) is 1. The summed E-state index contributed by atoms with van der Waals surface area (Å²) < 4.78 is 9.62. The first-order chi connectivity index (χ1) is 13.6. The first kappa shape index (κ1) is 21.3. The molecule has 8 nitrogen and oxygen atoms in total. The maximum absolute atomic E-state index is 12.7. The van der Waals surface area contributed by atoms with Gasteiger partial charge in [0.1, 0.15) is 0 Å². The maximum Gasteiger partial charge on any atom is 0.332 e. The number of fused-ring (bicyclic) bond motifs is 1. The molecule has 1 aliphatic carbocycles. The Bertz CT molecular complexity index is 1000. The van der Waals surface area contributed by atoms with Crippen LogP contribution in [0.25, 0.3) is 11.2 Å². The van der Waals surface area contributed by atoms with E-state index in [1.807, 2.05) is 0 Å². The van der Waals surface area contributed by atoms with Gasteiger partial charge in [-0.25, -0.2) is 9.78 Å². The van der Waals surface area contributed by atoms with Gasteiger partial charge in [0.05, 0.1) is 18.9 Å². The molecule has 8 heteroatoms. The number of hydrogen-bond donors (Lipinski definition) is 0. The Morgan fingerprint density at radius 3 is 2.45 bits per heavy atom. The molecule has 2 aromatic rings. The van der Waals surface area contributed by atoms with E-state index in [1.165, 1.54) is 15.5 Å². The molecular weight excluding hydrogens is 372 g/mol. The van der Waals surface area contributed by atoms with Crippen LogP contribution in [0.3, 0.4) is 0 Å². The molecular formula is C21H32N4O4. The number of rotatable bonds is 5. The van der Waals surface area contributed by atoms with Gasteiger partial charge in [0, 0.05) is 20.6 Å². The highest BCUT2D eigenvalue weighted by Crippen LogP contribution is 2.40. The predicted molar refractivity (Wildman–Crippen MR) is 111 cm³/mol. The van der Waals surface area contributed by atoms with E-state index >= 15 is 0 Å². The van der Waals surface area contributed by atoms with Crippen LogP contribution in [0.5, 0.6) is 0 Å². The van der Waals surface area contributed by atoms with Gasteiger partial charge in [-0.15, -0.1) is 0 Å². The van der Waals surface area contributed by atoms with Gasteiger partial charge in [0.25, 0.3) is 5.56 Å². The van der Waals surface area contributed by atoms with Gasteiger partial charge in [0.15, 0.2) is 11.2 Å². The van der Waals surface area contributed by atoms with E-state index < -0.39 is 5.69 Å². The highest BCUT2D eigenvalue weighted by molar-refractivity contribution is 5.72. The number of aryl methyl sites for hydroxylation is 2. The quantitative estimate of drug-likeness (QED) is 0.563. The Kier molecular flexibility index (Phi) is 6.00. The molecule has 0 spiro atoms. The third kappa shape index (κ3) is 4.31. The highest BCUT2D eigenvalue weighted by Gasteiger charge is 2.32. The van der Waals surface area contributed by atoms with Crippen LogP contribution in [0.15, 0.2) is 15.9 Å². The van der Waals surface area contributed by atoms with Crippen LogP contribution in [0, 0.1) is 17.3 Å². The fourth-order valence-electron chi connectivity index (χ4n) is 4.30. The lowest BCUT2D eigenvalue weighted by atomic mass is 9.70. The first-order valence-corrected chi connectivity index (χ1v) is 10.4. The van der Waals surface area contributed by atoms with Crippen molar-refractivity contribution in [2.45, 2.75) is 59.4 Å². The van der Waals surface area contributed by atoms with Crippen LogP contribution in [-0.4, -0.2) is 31.3 Å². The van der Waals surface area contributed by atoms with Crippen molar-refractivity contribution >= 4 is 17.1 Å². The summed E-state index contributed by atoms with van der Waals surface area (Å²) in [4.78, 5) is 41.6. The van der Waals surface area contributed by atoms with E-state index in [0.717, 1.165) is 25.7 Å². The molecule has 0 aromatic carbocycles. The first-order valence-electron chi connectivity index (χ1n) is 10.4. The van der Waals surface area contributed by atoms with Gasteiger partial charge < -0.3 is 9.30 Å². The molecule has 0 N–H and O–H groups in total. The molecule has 3 rings (SSSR count). The van der Waals surface area contributed by atoms with Crippen LogP contribution in [0.2, 0.25) is 0 Å². The van der Waals surface area contributed by atoms with Gasteiger partial charge in [-0.1, -0.05) is 20.8 Å². The molecule has 0 radical (unpaired) electrons.